The maximum absolute atomic E-state index is 11.5. The van der Waals surface area contributed by atoms with Crippen molar-refractivity contribution in [2.45, 2.75) is 13.0 Å². The van der Waals surface area contributed by atoms with Crippen LogP contribution in [-0.2, 0) is 32.4 Å². The van der Waals surface area contributed by atoms with E-state index >= 15 is 0 Å². The largest absolute Gasteiger partial charge is 0.481 e. The van der Waals surface area contributed by atoms with Crippen LogP contribution in [-0.4, -0.2) is 51.2 Å². The molecule has 6 nitrogen and oxygen atoms in total. The average molecular weight is 313 g/mol. The Morgan fingerprint density at radius 3 is 2.57 bits per heavy atom. The Morgan fingerprint density at radius 2 is 2.00 bits per heavy atom. The Morgan fingerprint density at radius 1 is 1.33 bits per heavy atom. The van der Waals surface area contributed by atoms with Crippen LogP contribution < -0.4 is 4.90 Å². The Labute approximate surface area is 124 Å². The van der Waals surface area contributed by atoms with Gasteiger partial charge >= 0.3 is 5.97 Å². The lowest BCUT2D eigenvalue weighted by Crippen LogP contribution is -2.40. The molecule has 1 aromatic rings. The second-order valence-corrected chi connectivity index (χ2v) is 7.41. The van der Waals surface area contributed by atoms with E-state index in [4.69, 9.17) is 9.84 Å². The van der Waals surface area contributed by atoms with Gasteiger partial charge in [0.25, 0.3) is 0 Å². The zero-order valence-corrected chi connectivity index (χ0v) is 12.7. The van der Waals surface area contributed by atoms with Crippen LogP contribution in [0.4, 0.5) is 5.69 Å². The highest BCUT2D eigenvalue weighted by Crippen LogP contribution is 2.25. The topological polar surface area (TPSA) is 83.9 Å². The Balaban J connectivity index is 2.27. The SMILES string of the molecule is COCc1ccc(CC(=O)O)cc1N1CCS(=O)(=O)CC1. The molecular formula is C14H19NO5S. The van der Waals surface area contributed by atoms with Crippen molar-refractivity contribution in [2.75, 3.05) is 36.6 Å². The first-order valence-corrected chi connectivity index (χ1v) is 8.51. The van der Waals surface area contributed by atoms with Crippen molar-refractivity contribution in [2.24, 2.45) is 0 Å². The summed E-state index contributed by atoms with van der Waals surface area (Å²) in [5, 5.41) is 8.89. The quantitative estimate of drug-likeness (QED) is 0.861. The summed E-state index contributed by atoms with van der Waals surface area (Å²) in [6, 6.07) is 5.44. The average Bonchev–Trinajstić information content (AvgIpc) is 2.40. The van der Waals surface area contributed by atoms with Crippen LogP contribution in [0.15, 0.2) is 18.2 Å². The molecule has 1 heterocycles. The Hall–Kier alpha value is -1.60. The number of hydrogen-bond acceptors (Lipinski definition) is 5. The number of carboxylic acids is 1. The molecule has 1 fully saturated rings. The van der Waals surface area contributed by atoms with Gasteiger partial charge in [0.15, 0.2) is 9.84 Å². The van der Waals surface area contributed by atoms with Gasteiger partial charge < -0.3 is 14.7 Å². The van der Waals surface area contributed by atoms with Crippen molar-refractivity contribution in [1.29, 1.82) is 0 Å². The molecule has 1 N–H and O–H groups in total. The van der Waals surface area contributed by atoms with Gasteiger partial charge in [0, 0.05) is 31.5 Å². The molecule has 1 saturated heterocycles. The molecule has 0 saturated carbocycles. The van der Waals surface area contributed by atoms with E-state index in [1.807, 2.05) is 17.0 Å². The summed E-state index contributed by atoms with van der Waals surface area (Å²) in [6.45, 7) is 1.26. The summed E-state index contributed by atoms with van der Waals surface area (Å²) in [4.78, 5) is 12.8. The molecule has 0 amide bonds. The molecular weight excluding hydrogens is 294 g/mol. The fourth-order valence-corrected chi connectivity index (χ4v) is 3.62. The van der Waals surface area contributed by atoms with Crippen molar-refractivity contribution in [3.8, 4) is 0 Å². The van der Waals surface area contributed by atoms with E-state index in [-0.39, 0.29) is 17.9 Å². The lowest BCUT2D eigenvalue weighted by molar-refractivity contribution is -0.136. The molecule has 1 aliphatic heterocycles. The Kier molecular flexibility index (Phi) is 4.84. The predicted octanol–water partition coefficient (Wildman–Crippen LogP) is 0.695. The minimum Gasteiger partial charge on any atom is -0.481 e. The number of rotatable bonds is 5. The van der Waals surface area contributed by atoms with E-state index in [1.54, 1.807) is 13.2 Å². The number of carboxylic acid groups (broad SMARTS) is 1. The molecule has 7 heteroatoms. The van der Waals surface area contributed by atoms with E-state index in [2.05, 4.69) is 0 Å². The molecule has 0 spiro atoms. The summed E-state index contributed by atoms with van der Waals surface area (Å²) >= 11 is 0. The molecule has 21 heavy (non-hydrogen) atoms. The first kappa shape index (κ1) is 15.8. The summed E-state index contributed by atoms with van der Waals surface area (Å²) in [6.07, 6.45) is -0.0492. The molecule has 0 aliphatic carbocycles. The van der Waals surface area contributed by atoms with Gasteiger partial charge in [-0.3, -0.25) is 4.79 Å². The summed E-state index contributed by atoms with van der Waals surface area (Å²) in [5.41, 5.74) is 2.50. The number of sulfone groups is 1. The summed E-state index contributed by atoms with van der Waals surface area (Å²) in [7, 11) is -1.35. The van der Waals surface area contributed by atoms with Crippen LogP contribution in [0.3, 0.4) is 0 Å². The zero-order chi connectivity index (χ0) is 15.5. The van der Waals surface area contributed by atoms with Crippen LogP contribution in [0.25, 0.3) is 0 Å². The first-order chi connectivity index (χ1) is 9.91. The number of ether oxygens (including phenoxy) is 1. The third kappa shape index (κ3) is 4.18. The number of methoxy groups -OCH3 is 1. The molecule has 116 valence electrons. The number of anilines is 1. The highest BCUT2D eigenvalue weighted by Gasteiger charge is 2.23. The van der Waals surface area contributed by atoms with Crippen molar-refractivity contribution in [3.05, 3.63) is 29.3 Å². The lowest BCUT2D eigenvalue weighted by atomic mass is 10.1. The van der Waals surface area contributed by atoms with E-state index < -0.39 is 15.8 Å². The minimum atomic E-state index is -2.94. The van der Waals surface area contributed by atoms with Gasteiger partial charge in [-0.1, -0.05) is 12.1 Å². The van der Waals surface area contributed by atoms with Gasteiger partial charge in [0.1, 0.15) is 0 Å². The number of benzene rings is 1. The zero-order valence-electron chi connectivity index (χ0n) is 11.9. The number of carbonyl (C=O) groups is 1. The van der Waals surface area contributed by atoms with Gasteiger partial charge in [-0.05, 0) is 11.6 Å². The van der Waals surface area contributed by atoms with Crippen LogP contribution in [0.1, 0.15) is 11.1 Å². The second kappa shape index (κ2) is 6.44. The number of aliphatic carboxylic acids is 1. The fourth-order valence-electron chi connectivity index (χ4n) is 2.42. The Bertz CT molecular complexity index is 612. The third-order valence-electron chi connectivity index (χ3n) is 3.49. The van der Waals surface area contributed by atoms with E-state index in [1.165, 1.54) is 0 Å². The van der Waals surface area contributed by atoms with Gasteiger partial charge in [-0.25, -0.2) is 8.42 Å². The van der Waals surface area contributed by atoms with Crippen LogP contribution in [0.2, 0.25) is 0 Å². The van der Waals surface area contributed by atoms with Gasteiger partial charge in [0.05, 0.1) is 24.5 Å². The maximum atomic E-state index is 11.5. The maximum Gasteiger partial charge on any atom is 0.307 e. The smallest absolute Gasteiger partial charge is 0.307 e. The molecule has 1 aromatic carbocycles. The van der Waals surface area contributed by atoms with Crippen molar-refractivity contribution >= 4 is 21.5 Å². The second-order valence-electron chi connectivity index (χ2n) is 5.11. The van der Waals surface area contributed by atoms with Crippen molar-refractivity contribution in [3.63, 3.8) is 0 Å². The normalized spacial score (nSPS) is 17.7. The highest BCUT2D eigenvalue weighted by molar-refractivity contribution is 7.91. The van der Waals surface area contributed by atoms with Crippen molar-refractivity contribution in [1.82, 2.24) is 0 Å². The molecule has 1 aliphatic rings. The standard InChI is InChI=1S/C14H19NO5S/c1-20-10-12-3-2-11(9-14(16)17)8-13(12)15-4-6-21(18,19)7-5-15/h2-3,8H,4-7,9-10H2,1H3,(H,16,17). The van der Waals surface area contributed by atoms with E-state index in [0.717, 1.165) is 11.3 Å². The molecule has 0 bridgehead atoms. The molecule has 0 atom stereocenters. The van der Waals surface area contributed by atoms with Gasteiger partial charge in [0.2, 0.25) is 0 Å². The fraction of sp³-hybridized carbons (Fsp3) is 0.500. The number of nitrogens with zero attached hydrogens (tertiary/aromatic N) is 1. The monoisotopic (exact) mass is 313 g/mol. The van der Waals surface area contributed by atoms with Crippen LogP contribution in [0.5, 0.6) is 0 Å². The third-order valence-corrected chi connectivity index (χ3v) is 5.10. The van der Waals surface area contributed by atoms with Gasteiger partial charge in [-0.2, -0.15) is 0 Å². The van der Waals surface area contributed by atoms with Crippen molar-refractivity contribution < 1.29 is 23.1 Å². The number of hydrogen-bond donors (Lipinski definition) is 1. The highest BCUT2D eigenvalue weighted by atomic mass is 32.2. The predicted molar refractivity (Wildman–Crippen MR) is 79.4 cm³/mol. The minimum absolute atomic E-state index is 0.0492. The van der Waals surface area contributed by atoms with E-state index in [0.29, 0.717) is 25.3 Å². The molecule has 0 aromatic heterocycles. The molecule has 2 rings (SSSR count). The van der Waals surface area contributed by atoms with E-state index in [9.17, 15) is 13.2 Å². The first-order valence-electron chi connectivity index (χ1n) is 6.69. The molecule has 0 unspecified atom stereocenters. The van der Waals surface area contributed by atoms with Crippen LogP contribution >= 0.6 is 0 Å². The molecule has 0 radical (unpaired) electrons. The lowest BCUT2D eigenvalue weighted by Gasteiger charge is -2.30. The van der Waals surface area contributed by atoms with Crippen LogP contribution in [0, 0.1) is 0 Å². The summed E-state index contributed by atoms with van der Waals surface area (Å²) in [5.74, 6) is -0.632. The van der Waals surface area contributed by atoms with Gasteiger partial charge in [-0.15, -0.1) is 0 Å². The summed E-state index contributed by atoms with van der Waals surface area (Å²) < 4.78 is 28.2.